The molecule has 9 nitrogen and oxygen atoms in total. The topological polar surface area (TPSA) is 136 Å². The van der Waals surface area contributed by atoms with Crippen LogP contribution in [-0.2, 0) is 11.3 Å². The molecular weight excluding hydrogens is 398 g/mol. The molecule has 2 aliphatic rings. The molecule has 2 amide bonds. The first-order chi connectivity index (χ1) is 15.0. The van der Waals surface area contributed by atoms with Crippen LogP contribution in [0, 0.1) is 17.2 Å². The molecule has 0 aromatic heterocycles. The highest BCUT2D eigenvalue weighted by atomic mass is 16.5. The number of carbonyl (C=O) groups is 2. The lowest BCUT2D eigenvalue weighted by molar-refractivity contribution is -0.118. The molecule has 1 saturated heterocycles. The van der Waals surface area contributed by atoms with Gasteiger partial charge in [-0.15, -0.1) is 0 Å². The van der Waals surface area contributed by atoms with Crippen LogP contribution >= 0.6 is 0 Å². The molecular formula is C22H23N5O4. The zero-order valence-corrected chi connectivity index (χ0v) is 16.8. The Morgan fingerprint density at radius 1 is 1.29 bits per heavy atom. The lowest BCUT2D eigenvalue weighted by atomic mass is 9.97. The van der Waals surface area contributed by atoms with Gasteiger partial charge in [-0.2, -0.15) is 5.26 Å². The van der Waals surface area contributed by atoms with E-state index in [0.29, 0.717) is 48.7 Å². The Hall–Kier alpha value is -3.77. The smallest absolute Gasteiger partial charge is 0.262 e. The van der Waals surface area contributed by atoms with Crippen LogP contribution in [0.2, 0.25) is 0 Å². The number of aromatic hydroxyl groups is 1. The van der Waals surface area contributed by atoms with Gasteiger partial charge in [-0.25, -0.2) is 0 Å². The lowest BCUT2D eigenvalue weighted by Gasteiger charge is -2.27. The number of rotatable bonds is 5. The average molecular weight is 421 g/mol. The maximum Gasteiger partial charge on any atom is 0.262 e. The second kappa shape index (κ2) is 8.93. The van der Waals surface area contributed by atoms with Gasteiger partial charge in [0.2, 0.25) is 0 Å². The molecule has 9 heteroatoms. The normalized spacial score (nSPS) is 19.9. The van der Waals surface area contributed by atoms with Crippen molar-refractivity contribution in [1.29, 1.82) is 5.26 Å². The number of hydrogen-bond donors (Lipinski definition) is 5. The predicted octanol–water partition coefficient (Wildman–Crippen LogP) is 1.57. The van der Waals surface area contributed by atoms with E-state index in [1.165, 1.54) is 6.07 Å². The molecule has 5 N–H and O–H groups in total. The molecule has 0 spiro atoms. The Morgan fingerprint density at radius 2 is 2.16 bits per heavy atom. The highest BCUT2D eigenvalue weighted by Crippen LogP contribution is 2.37. The fourth-order valence-corrected chi connectivity index (χ4v) is 3.70. The number of phenols is 1. The number of piperidine rings is 1. The van der Waals surface area contributed by atoms with Crippen LogP contribution in [0.15, 0.2) is 36.4 Å². The number of nitrogens with zero attached hydrogens (tertiary/aromatic N) is 1. The van der Waals surface area contributed by atoms with Crippen LogP contribution < -0.4 is 26.0 Å². The van der Waals surface area contributed by atoms with E-state index in [9.17, 15) is 14.7 Å². The summed E-state index contributed by atoms with van der Waals surface area (Å²) >= 11 is 0. The van der Waals surface area contributed by atoms with Crippen molar-refractivity contribution >= 4 is 23.2 Å². The van der Waals surface area contributed by atoms with Crippen molar-refractivity contribution in [3.63, 3.8) is 0 Å². The third-order valence-corrected chi connectivity index (χ3v) is 5.27. The van der Waals surface area contributed by atoms with E-state index in [1.54, 1.807) is 24.3 Å². The summed E-state index contributed by atoms with van der Waals surface area (Å²) in [5, 5.41) is 31.3. The molecule has 0 radical (unpaired) electrons. The van der Waals surface area contributed by atoms with Crippen molar-refractivity contribution in [1.82, 2.24) is 10.6 Å². The molecule has 4 rings (SSSR count). The summed E-state index contributed by atoms with van der Waals surface area (Å²) in [5.41, 5.74) is 2.27. The number of nitriles is 1. The maximum absolute atomic E-state index is 12.6. The van der Waals surface area contributed by atoms with Crippen molar-refractivity contribution in [3.05, 3.63) is 47.5 Å². The van der Waals surface area contributed by atoms with Crippen LogP contribution in [-0.4, -0.2) is 42.7 Å². The number of carbonyl (C=O) groups excluding carboxylic acids is 2. The van der Waals surface area contributed by atoms with Crippen molar-refractivity contribution in [3.8, 4) is 17.6 Å². The summed E-state index contributed by atoms with van der Waals surface area (Å²) in [6.07, 6.45) is 0.636. The van der Waals surface area contributed by atoms with Crippen molar-refractivity contribution in [2.75, 3.05) is 30.3 Å². The van der Waals surface area contributed by atoms with E-state index < -0.39 is 0 Å². The Labute approximate surface area is 179 Å². The maximum atomic E-state index is 12.6. The second-order valence-electron chi connectivity index (χ2n) is 7.65. The van der Waals surface area contributed by atoms with E-state index in [-0.39, 0.29) is 36.1 Å². The van der Waals surface area contributed by atoms with E-state index in [2.05, 4.69) is 27.3 Å². The minimum Gasteiger partial charge on any atom is -0.506 e. The third-order valence-electron chi connectivity index (χ3n) is 5.27. The summed E-state index contributed by atoms with van der Waals surface area (Å²) in [6, 6.07) is 12.4. The molecule has 2 aromatic carbocycles. The number of phenolic OH excluding ortho intramolecular Hbond substituents is 1. The SMILES string of the molecule is N#C[C@H]1CNC[C@@H](NC(=O)c2cccc(CNc3cc4c(cc3O)NC(=O)CO4)c2)C1. The van der Waals surface area contributed by atoms with Gasteiger partial charge in [0.05, 0.1) is 23.4 Å². The van der Waals surface area contributed by atoms with Gasteiger partial charge in [-0.05, 0) is 24.1 Å². The molecule has 0 unspecified atom stereocenters. The molecule has 2 heterocycles. The number of nitrogens with one attached hydrogen (secondary N) is 4. The van der Waals surface area contributed by atoms with Gasteiger partial charge in [-0.1, -0.05) is 12.1 Å². The van der Waals surface area contributed by atoms with E-state index in [0.717, 1.165) is 5.56 Å². The highest BCUT2D eigenvalue weighted by molar-refractivity contribution is 5.96. The quantitative estimate of drug-likeness (QED) is 0.462. The van der Waals surface area contributed by atoms with Gasteiger partial charge < -0.3 is 31.1 Å². The summed E-state index contributed by atoms with van der Waals surface area (Å²) < 4.78 is 5.38. The predicted molar refractivity (Wildman–Crippen MR) is 114 cm³/mol. The number of amides is 2. The zero-order chi connectivity index (χ0) is 21.8. The molecule has 1 fully saturated rings. The molecule has 2 aliphatic heterocycles. The first kappa shape index (κ1) is 20.5. The number of ether oxygens (including phenoxy) is 1. The summed E-state index contributed by atoms with van der Waals surface area (Å²) in [7, 11) is 0. The fourth-order valence-electron chi connectivity index (χ4n) is 3.70. The van der Waals surface area contributed by atoms with Crippen LogP contribution in [0.4, 0.5) is 11.4 Å². The highest BCUT2D eigenvalue weighted by Gasteiger charge is 2.23. The molecule has 2 aromatic rings. The zero-order valence-electron chi connectivity index (χ0n) is 16.8. The van der Waals surface area contributed by atoms with Crippen LogP contribution in [0.1, 0.15) is 22.3 Å². The fraction of sp³-hybridized carbons (Fsp3) is 0.318. The number of fused-ring (bicyclic) bond motifs is 1. The number of hydrogen-bond acceptors (Lipinski definition) is 7. The van der Waals surface area contributed by atoms with Crippen LogP contribution in [0.3, 0.4) is 0 Å². The summed E-state index contributed by atoms with van der Waals surface area (Å²) in [4.78, 5) is 24.0. The summed E-state index contributed by atoms with van der Waals surface area (Å²) in [5.74, 6) is -0.0980. The molecule has 0 bridgehead atoms. The van der Waals surface area contributed by atoms with Crippen molar-refractivity contribution < 1.29 is 19.4 Å². The molecule has 0 aliphatic carbocycles. The largest absolute Gasteiger partial charge is 0.506 e. The number of anilines is 2. The van der Waals surface area contributed by atoms with Gasteiger partial charge >= 0.3 is 0 Å². The van der Waals surface area contributed by atoms with Gasteiger partial charge in [0.25, 0.3) is 11.8 Å². The van der Waals surface area contributed by atoms with Crippen molar-refractivity contribution in [2.24, 2.45) is 5.92 Å². The van der Waals surface area contributed by atoms with Gasteiger partial charge in [-0.3, -0.25) is 9.59 Å². The van der Waals surface area contributed by atoms with Gasteiger partial charge in [0.1, 0.15) is 11.5 Å². The van der Waals surface area contributed by atoms with Gasteiger partial charge in [0.15, 0.2) is 6.61 Å². The van der Waals surface area contributed by atoms with E-state index in [1.807, 2.05) is 6.07 Å². The summed E-state index contributed by atoms with van der Waals surface area (Å²) in [6.45, 7) is 1.60. The van der Waals surface area contributed by atoms with Crippen LogP contribution in [0.5, 0.6) is 11.5 Å². The molecule has 31 heavy (non-hydrogen) atoms. The second-order valence-corrected chi connectivity index (χ2v) is 7.65. The van der Waals surface area contributed by atoms with Gasteiger partial charge in [0, 0.05) is 43.4 Å². The van der Waals surface area contributed by atoms with E-state index >= 15 is 0 Å². The average Bonchev–Trinajstić information content (AvgIpc) is 2.78. The minimum absolute atomic E-state index is 0.0182. The Morgan fingerprint density at radius 3 is 3.00 bits per heavy atom. The first-order valence-corrected chi connectivity index (χ1v) is 10.1. The molecule has 160 valence electrons. The van der Waals surface area contributed by atoms with E-state index in [4.69, 9.17) is 10.00 Å². The Kier molecular flexibility index (Phi) is 5.91. The van der Waals surface area contributed by atoms with Crippen molar-refractivity contribution in [2.45, 2.75) is 19.0 Å². The third kappa shape index (κ3) is 4.87. The lowest BCUT2D eigenvalue weighted by Crippen LogP contribution is -2.48. The first-order valence-electron chi connectivity index (χ1n) is 10.1. The minimum atomic E-state index is -0.269. The monoisotopic (exact) mass is 421 g/mol. The van der Waals surface area contributed by atoms with Crippen LogP contribution in [0.25, 0.3) is 0 Å². The molecule has 0 saturated carbocycles. The standard InChI is InChI=1S/C22H23N5O4/c23-8-14-5-16(11-24-9-14)26-22(30)15-3-1-2-13(4-15)10-25-17-7-20-18(6-19(17)28)27-21(29)12-31-20/h1-4,6-7,14,16,24-25,28H,5,9-12H2,(H,26,30)(H,27,29)/t14-,16-/m0/s1. The number of benzene rings is 2. The Bertz CT molecular complexity index is 1050. The molecule has 2 atom stereocenters. The Balaban J connectivity index is 1.39.